The molecule has 0 fully saturated rings. The summed E-state index contributed by atoms with van der Waals surface area (Å²) in [5.41, 5.74) is 2.13. The van der Waals surface area contributed by atoms with Crippen molar-refractivity contribution in [3.8, 4) is 22.6 Å². The van der Waals surface area contributed by atoms with Gasteiger partial charge in [0, 0.05) is 11.1 Å². The maximum atomic E-state index is 14.2. The van der Waals surface area contributed by atoms with Crippen LogP contribution in [0.1, 0.15) is 51.5 Å². The average Bonchev–Trinajstić information content (AvgIpc) is 2.83. The third kappa shape index (κ3) is 5.60. The molecule has 0 saturated heterocycles. The molecule has 190 valence electrons. The molecule has 2 aromatic carbocycles. The molecule has 7 nitrogen and oxygen atoms in total. The van der Waals surface area contributed by atoms with Crippen molar-refractivity contribution in [1.82, 2.24) is 4.98 Å². The normalized spacial score (nSPS) is 10.6. The molecule has 0 amide bonds. The third-order valence-corrected chi connectivity index (χ3v) is 5.76. The Kier molecular flexibility index (Phi) is 8.88. The first-order valence-electron chi connectivity index (χ1n) is 11.3. The van der Waals surface area contributed by atoms with Gasteiger partial charge in [-0.3, -0.25) is 4.98 Å². The third-order valence-electron chi connectivity index (χ3n) is 5.40. The first kappa shape index (κ1) is 26.9. The lowest BCUT2D eigenvalue weighted by Crippen LogP contribution is -2.17. The van der Waals surface area contributed by atoms with E-state index in [9.17, 15) is 14.0 Å². The van der Waals surface area contributed by atoms with E-state index < -0.39 is 17.8 Å². The lowest BCUT2D eigenvalue weighted by atomic mass is 9.92. The first-order valence-corrected chi connectivity index (χ1v) is 11.7. The van der Waals surface area contributed by atoms with Gasteiger partial charge in [0.1, 0.15) is 12.4 Å². The predicted octanol–water partition coefficient (Wildman–Crippen LogP) is 6.10. The van der Waals surface area contributed by atoms with E-state index in [0.29, 0.717) is 34.0 Å². The van der Waals surface area contributed by atoms with Gasteiger partial charge in [0.2, 0.25) is 0 Å². The number of benzene rings is 2. The highest BCUT2D eigenvalue weighted by Gasteiger charge is 2.28. The highest BCUT2D eigenvalue weighted by atomic mass is 35.5. The number of esters is 2. The number of methoxy groups -OCH3 is 1. The van der Waals surface area contributed by atoms with Gasteiger partial charge in [0.25, 0.3) is 0 Å². The van der Waals surface area contributed by atoms with Crippen molar-refractivity contribution in [2.45, 2.75) is 34.3 Å². The minimum absolute atomic E-state index is 0.128. The molecule has 1 heterocycles. The van der Waals surface area contributed by atoms with Crippen LogP contribution in [0.3, 0.4) is 0 Å². The maximum absolute atomic E-state index is 14.2. The summed E-state index contributed by atoms with van der Waals surface area (Å²) >= 11 is 6.11. The van der Waals surface area contributed by atoms with Gasteiger partial charge >= 0.3 is 11.9 Å². The van der Waals surface area contributed by atoms with E-state index in [1.807, 2.05) is 0 Å². The fraction of sp³-hybridized carbons (Fsp3) is 0.296. The number of halogens is 2. The molecule has 1 aromatic heterocycles. The summed E-state index contributed by atoms with van der Waals surface area (Å²) in [5, 5.41) is 0.242. The minimum Gasteiger partial charge on any atom is -0.493 e. The molecule has 36 heavy (non-hydrogen) atoms. The second-order valence-corrected chi connectivity index (χ2v) is 8.11. The van der Waals surface area contributed by atoms with E-state index in [1.165, 1.54) is 19.2 Å². The topological polar surface area (TPSA) is 84.0 Å². The Labute approximate surface area is 214 Å². The summed E-state index contributed by atoms with van der Waals surface area (Å²) in [4.78, 5) is 30.3. The smallest absolute Gasteiger partial charge is 0.340 e. The Morgan fingerprint density at radius 1 is 0.944 bits per heavy atom. The quantitative estimate of drug-likeness (QED) is 0.318. The molecule has 0 aliphatic rings. The molecule has 9 heteroatoms. The second kappa shape index (κ2) is 11.9. The number of carbonyl (C=O) groups is 2. The van der Waals surface area contributed by atoms with Crippen LogP contribution in [0.4, 0.5) is 4.39 Å². The molecule has 0 saturated carbocycles. The fourth-order valence-electron chi connectivity index (χ4n) is 3.81. The van der Waals surface area contributed by atoms with Gasteiger partial charge < -0.3 is 18.9 Å². The fourth-order valence-corrected chi connectivity index (χ4v) is 4.02. The van der Waals surface area contributed by atoms with Crippen molar-refractivity contribution >= 4 is 23.5 Å². The molecule has 0 atom stereocenters. The van der Waals surface area contributed by atoms with E-state index in [0.717, 1.165) is 0 Å². The van der Waals surface area contributed by atoms with Gasteiger partial charge in [0.05, 0.1) is 47.9 Å². The molecule has 0 aliphatic carbocycles. The highest BCUT2D eigenvalue weighted by molar-refractivity contribution is 6.31. The van der Waals surface area contributed by atoms with Crippen molar-refractivity contribution in [2.24, 2.45) is 0 Å². The van der Waals surface area contributed by atoms with Crippen LogP contribution >= 0.6 is 11.6 Å². The molecular formula is C27H27ClFNO6. The molecule has 3 aromatic rings. The standard InChI is InChI=1S/C27H27ClFNO6/c1-6-34-26(31)23-15(3)30-16(4)24(27(32)35-7-2)25(23)17-11-12-21(22(13-17)33-5)36-14-18-19(28)9-8-10-20(18)29/h8-13H,6-7,14H2,1-5H3. The Balaban J connectivity index is 2.14. The Hall–Kier alpha value is -3.65. The van der Waals surface area contributed by atoms with Gasteiger partial charge in [0.15, 0.2) is 11.5 Å². The molecule has 0 unspecified atom stereocenters. The highest BCUT2D eigenvalue weighted by Crippen LogP contribution is 2.38. The minimum atomic E-state index is -0.614. The summed E-state index contributed by atoms with van der Waals surface area (Å²) in [6.45, 7) is 6.89. The molecule has 0 N–H and O–H groups in total. The number of aryl methyl sites for hydroxylation is 2. The molecular weight excluding hydrogens is 489 g/mol. The average molecular weight is 516 g/mol. The molecule has 0 radical (unpaired) electrons. The first-order chi connectivity index (χ1) is 17.2. The number of pyridine rings is 1. The summed E-state index contributed by atoms with van der Waals surface area (Å²) in [6, 6.07) is 9.28. The Bertz CT molecular complexity index is 1230. The number of nitrogens with zero attached hydrogens (tertiary/aromatic N) is 1. The molecule has 3 rings (SSSR count). The van der Waals surface area contributed by atoms with Crippen molar-refractivity contribution in [3.05, 3.63) is 75.3 Å². The van der Waals surface area contributed by atoms with E-state index >= 15 is 0 Å². The Morgan fingerprint density at radius 3 is 2.08 bits per heavy atom. The number of ether oxygens (including phenoxy) is 4. The van der Waals surface area contributed by atoms with Gasteiger partial charge in [-0.25, -0.2) is 14.0 Å². The van der Waals surface area contributed by atoms with Crippen molar-refractivity contribution in [3.63, 3.8) is 0 Å². The van der Waals surface area contributed by atoms with Crippen molar-refractivity contribution in [1.29, 1.82) is 0 Å². The van der Waals surface area contributed by atoms with Crippen molar-refractivity contribution in [2.75, 3.05) is 20.3 Å². The summed E-state index contributed by atoms with van der Waals surface area (Å²) < 4.78 is 36.0. The van der Waals surface area contributed by atoms with Gasteiger partial charge in [-0.15, -0.1) is 0 Å². The van der Waals surface area contributed by atoms with E-state index in [4.69, 9.17) is 30.5 Å². The van der Waals surface area contributed by atoms with Crippen LogP contribution in [0.2, 0.25) is 5.02 Å². The summed E-state index contributed by atoms with van der Waals surface area (Å²) in [6.07, 6.45) is 0. The molecule has 0 aliphatic heterocycles. The number of hydrogen-bond acceptors (Lipinski definition) is 7. The number of aromatic nitrogens is 1. The zero-order valence-electron chi connectivity index (χ0n) is 20.7. The summed E-state index contributed by atoms with van der Waals surface area (Å²) in [7, 11) is 1.45. The van der Waals surface area contributed by atoms with Gasteiger partial charge in [-0.2, -0.15) is 0 Å². The van der Waals surface area contributed by atoms with Crippen LogP contribution in [0.5, 0.6) is 11.5 Å². The lowest BCUT2D eigenvalue weighted by molar-refractivity contribution is 0.0525. The van der Waals surface area contributed by atoms with Crippen LogP contribution in [0, 0.1) is 19.7 Å². The second-order valence-electron chi connectivity index (χ2n) is 7.70. The molecule has 0 bridgehead atoms. The van der Waals surface area contributed by atoms with Crippen LogP contribution in [0.15, 0.2) is 36.4 Å². The number of carbonyl (C=O) groups excluding carboxylic acids is 2. The number of hydrogen-bond donors (Lipinski definition) is 0. The summed E-state index contributed by atoms with van der Waals surface area (Å²) in [5.74, 6) is -1.10. The molecule has 0 spiro atoms. The Morgan fingerprint density at radius 2 is 1.56 bits per heavy atom. The van der Waals surface area contributed by atoms with E-state index in [2.05, 4.69) is 4.98 Å². The largest absolute Gasteiger partial charge is 0.493 e. The van der Waals surface area contributed by atoms with Crippen LogP contribution in [-0.2, 0) is 16.1 Å². The van der Waals surface area contributed by atoms with E-state index in [-0.39, 0.29) is 41.5 Å². The monoisotopic (exact) mass is 515 g/mol. The van der Waals surface area contributed by atoms with Gasteiger partial charge in [-0.1, -0.05) is 23.7 Å². The predicted molar refractivity (Wildman–Crippen MR) is 133 cm³/mol. The zero-order chi connectivity index (χ0) is 26.4. The van der Waals surface area contributed by atoms with E-state index in [1.54, 1.807) is 52.0 Å². The van der Waals surface area contributed by atoms with Crippen molar-refractivity contribution < 1.29 is 32.9 Å². The van der Waals surface area contributed by atoms with Crippen LogP contribution in [0.25, 0.3) is 11.1 Å². The van der Waals surface area contributed by atoms with Gasteiger partial charge in [-0.05, 0) is 57.5 Å². The maximum Gasteiger partial charge on any atom is 0.340 e. The zero-order valence-corrected chi connectivity index (χ0v) is 21.5. The van der Waals surface area contributed by atoms with Crippen LogP contribution < -0.4 is 9.47 Å². The SMILES string of the molecule is CCOC(=O)c1c(C)nc(C)c(C(=O)OCC)c1-c1ccc(OCc2c(F)cccc2Cl)c(OC)c1. The number of rotatable bonds is 9. The lowest BCUT2D eigenvalue weighted by Gasteiger charge is -2.19. The van der Waals surface area contributed by atoms with Crippen LogP contribution in [-0.4, -0.2) is 37.2 Å².